The van der Waals surface area contributed by atoms with E-state index in [1.54, 1.807) is 23.5 Å². The van der Waals surface area contributed by atoms with Crippen LogP contribution in [-0.2, 0) is 10.0 Å². The van der Waals surface area contributed by atoms with E-state index in [0.717, 1.165) is 33.6 Å². The van der Waals surface area contributed by atoms with Crippen LogP contribution in [0, 0.1) is 0 Å². The molecule has 1 aliphatic rings. The van der Waals surface area contributed by atoms with E-state index < -0.39 is 10.0 Å². The normalized spacial score (nSPS) is 15.0. The smallest absolute Gasteiger partial charge is 0.243 e. The van der Waals surface area contributed by atoms with Gasteiger partial charge >= 0.3 is 0 Å². The van der Waals surface area contributed by atoms with Crippen molar-refractivity contribution in [2.75, 3.05) is 38.2 Å². The molecule has 0 spiro atoms. The van der Waals surface area contributed by atoms with Crippen molar-refractivity contribution in [3.8, 4) is 17.0 Å². The molecule has 4 aromatic rings. The van der Waals surface area contributed by atoms with E-state index in [9.17, 15) is 8.42 Å². The predicted octanol–water partition coefficient (Wildman–Crippen LogP) is 3.82. The van der Waals surface area contributed by atoms with Gasteiger partial charge in [-0.3, -0.25) is 0 Å². The first-order valence-electron chi connectivity index (χ1n) is 10.8. The lowest BCUT2D eigenvalue weighted by Crippen LogP contribution is -2.49. The fourth-order valence-electron chi connectivity index (χ4n) is 4.13. The molecule has 0 saturated carbocycles. The topological polar surface area (TPSA) is 75.6 Å². The van der Waals surface area contributed by atoms with Crippen LogP contribution in [0.2, 0.25) is 0 Å². The van der Waals surface area contributed by atoms with E-state index in [-0.39, 0.29) is 0 Å². The third-order valence-corrected chi connectivity index (χ3v) is 7.85. The summed E-state index contributed by atoms with van der Waals surface area (Å²) >= 11 is 0. The van der Waals surface area contributed by atoms with Crippen molar-refractivity contribution >= 4 is 26.6 Å². The lowest BCUT2D eigenvalue weighted by Gasteiger charge is -2.34. The Labute approximate surface area is 193 Å². The van der Waals surface area contributed by atoms with E-state index in [1.807, 2.05) is 66.7 Å². The number of aromatic nitrogens is 2. The van der Waals surface area contributed by atoms with Crippen molar-refractivity contribution in [1.29, 1.82) is 0 Å². The highest BCUT2D eigenvalue weighted by Gasteiger charge is 2.29. The van der Waals surface area contributed by atoms with Crippen LogP contribution in [0.25, 0.3) is 22.0 Å². The van der Waals surface area contributed by atoms with Gasteiger partial charge in [-0.15, -0.1) is 10.2 Å². The molecule has 7 nitrogen and oxygen atoms in total. The lowest BCUT2D eigenvalue weighted by atomic mass is 10.1. The molecule has 0 atom stereocenters. The number of piperazine rings is 1. The van der Waals surface area contributed by atoms with E-state index in [0.29, 0.717) is 31.1 Å². The van der Waals surface area contributed by atoms with Gasteiger partial charge in [-0.05, 0) is 47.2 Å². The molecule has 2 heterocycles. The molecule has 33 heavy (non-hydrogen) atoms. The van der Waals surface area contributed by atoms with Crippen molar-refractivity contribution in [3.05, 3.63) is 78.9 Å². The molecule has 0 bridgehead atoms. The van der Waals surface area contributed by atoms with Gasteiger partial charge in [-0.2, -0.15) is 4.31 Å². The van der Waals surface area contributed by atoms with Crippen LogP contribution in [-0.4, -0.2) is 56.2 Å². The molecule has 0 unspecified atom stereocenters. The van der Waals surface area contributed by atoms with Gasteiger partial charge in [0.2, 0.25) is 10.0 Å². The van der Waals surface area contributed by atoms with Crippen LogP contribution in [0.1, 0.15) is 0 Å². The number of benzene rings is 3. The number of rotatable bonds is 5. The average molecular weight is 461 g/mol. The highest BCUT2D eigenvalue weighted by atomic mass is 32.2. The largest absolute Gasteiger partial charge is 0.496 e. The summed E-state index contributed by atoms with van der Waals surface area (Å²) in [6.07, 6.45) is 0. The van der Waals surface area contributed by atoms with Crippen LogP contribution in [0.5, 0.6) is 5.75 Å². The van der Waals surface area contributed by atoms with Crippen molar-refractivity contribution in [1.82, 2.24) is 14.5 Å². The molecule has 0 aliphatic carbocycles. The number of hydrogen-bond donors (Lipinski definition) is 0. The molecular weight excluding hydrogens is 436 g/mol. The van der Waals surface area contributed by atoms with Crippen molar-refractivity contribution < 1.29 is 13.2 Å². The highest BCUT2D eigenvalue weighted by Crippen LogP contribution is 2.29. The molecule has 8 heteroatoms. The standard InChI is InChI=1S/C25H24N4O3S/c1-32-24-9-5-4-8-22(24)23-12-13-25(27-26-23)28-14-16-29(17-15-28)33(30,31)21-11-10-19-6-2-3-7-20(19)18-21/h2-13,18H,14-17H2,1H3. The van der Waals surface area contributed by atoms with Gasteiger partial charge in [0.05, 0.1) is 17.7 Å². The number of para-hydroxylation sites is 1. The number of ether oxygens (including phenoxy) is 1. The number of methoxy groups -OCH3 is 1. The van der Waals surface area contributed by atoms with Crippen LogP contribution in [0.3, 0.4) is 0 Å². The van der Waals surface area contributed by atoms with Gasteiger partial charge in [0.25, 0.3) is 0 Å². The fourth-order valence-corrected chi connectivity index (χ4v) is 5.59. The van der Waals surface area contributed by atoms with Gasteiger partial charge in [0.1, 0.15) is 5.75 Å². The minimum absolute atomic E-state index is 0.329. The zero-order valence-corrected chi connectivity index (χ0v) is 19.1. The second-order valence-electron chi connectivity index (χ2n) is 7.88. The number of hydrogen-bond acceptors (Lipinski definition) is 6. The molecule has 0 N–H and O–H groups in total. The molecule has 5 rings (SSSR count). The second-order valence-corrected chi connectivity index (χ2v) is 9.82. The Bertz CT molecular complexity index is 1380. The maximum atomic E-state index is 13.2. The van der Waals surface area contributed by atoms with E-state index in [4.69, 9.17) is 4.74 Å². The Morgan fingerprint density at radius 1 is 0.788 bits per heavy atom. The van der Waals surface area contributed by atoms with E-state index in [1.165, 1.54) is 0 Å². The first-order chi connectivity index (χ1) is 16.1. The third-order valence-electron chi connectivity index (χ3n) is 5.95. The summed E-state index contributed by atoms with van der Waals surface area (Å²) in [6.45, 7) is 1.89. The summed E-state index contributed by atoms with van der Waals surface area (Å²) < 4.78 is 33.4. The average Bonchev–Trinajstić information content (AvgIpc) is 2.88. The first kappa shape index (κ1) is 21.4. The summed E-state index contributed by atoms with van der Waals surface area (Å²) in [4.78, 5) is 2.39. The van der Waals surface area contributed by atoms with Gasteiger partial charge in [0.15, 0.2) is 5.82 Å². The van der Waals surface area contributed by atoms with Gasteiger partial charge < -0.3 is 9.64 Å². The monoisotopic (exact) mass is 460 g/mol. The highest BCUT2D eigenvalue weighted by molar-refractivity contribution is 7.89. The lowest BCUT2D eigenvalue weighted by molar-refractivity contribution is 0.383. The number of sulfonamides is 1. The van der Waals surface area contributed by atoms with Gasteiger partial charge in [-0.25, -0.2) is 8.42 Å². The molecule has 1 aromatic heterocycles. The van der Waals surface area contributed by atoms with Crippen molar-refractivity contribution in [2.24, 2.45) is 0 Å². The fraction of sp³-hybridized carbons (Fsp3) is 0.200. The molecule has 3 aromatic carbocycles. The molecule has 1 saturated heterocycles. The Balaban J connectivity index is 1.29. The quantitative estimate of drug-likeness (QED) is 0.451. The van der Waals surface area contributed by atoms with Crippen LogP contribution in [0.4, 0.5) is 5.82 Å². The Morgan fingerprint density at radius 3 is 2.24 bits per heavy atom. The maximum Gasteiger partial charge on any atom is 0.243 e. The number of anilines is 1. The molecular formula is C25H24N4O3S. The summed E-state index contributed by atoms with van der Waals surface area (Å²) in [5, 5.41) is 10.7. The van der Waals surface area contributed by atoms with E-state index >= 15 is 0 Å². The Hall–Kier alpha value is -3.49. The van der Waals surface area contributed by atoms with Crippen molar-refractivity contribution in [2.45, 2.75) is 4.90 Å². The molecule has 0 amide bonds. The van der Waals surface area contributed by atoms with Crippen molar-refractivity contribution in [3.63, 3.8) is 0 Å². The minimum Gasteiger partial charge on any atom is -0.496 e. The summed E-state index contributed by atoms with van der Waals surface area (Å²) in [7, 11) is -1.92. The molecule has 168 valence electrons. The van der Waals surface area contributed by atoms with Gasteiger partial charge in [-0.1, -0.05) is 42.5 Å². The zero-order chi connectivity index (χ0) is 22.8. The van der Waals surface area contributed by atoms with Crippen LogP contribution >= 0.6 is 0 Å². The Kier molecular flexibility index (Phi) is 5.70. The predicted molar refractivity (Wildman–Crippen MR) is 129 cm³/mol. The SMILES string of the molecule is COc1ccccc1-c1ccc(N2CCN(S(=O)(=O)c3ccc4ccccc4c3)CC2)nn1. The summed E-state index contributed by atoms with van der Waals surface area (Å²) in [5.41, 5.74) is 1.61. The Morgan fingerprint density at radius 2 is 1.52 bits per heavy atom. The van der Waals surface area contributed by atoms with E-state index in [2.05, 4.69) is 15.1 Å². The van der Waals surface area contributed by atoms with Crippen LogP contribution in [0.15, 0.2) is 83.8 Å². The number of fused-ring (bicyclic) bond motifs is 1. The zero-order valence-electron chi connectivity index (χ0n) is 18.3. The first-order valence-corrected chi connectivity index (χ1v) is 12.2. The minimum atomic E-state index is -3.55. The second kappa shape index (κ2) is 8.80. The third kappa shape index (κ3) is 4.15. The number of nitrogens with zero attached hydrogens (tertiary/aromatic N) is 4. The van der Waals surface area contributed by atoms with Crippen LogP contribution < -0.4 is 9.64 Å². The summed E-state index contributed by atoms with van der Waals surface area (Å²) in [6, 6.07) is 24.6. The van der Waals surface area contributed by atoms with Gasteiger partial charge in [0, 0.05) is 31.7 Å². The summed E-state index contributed by atoms with van der Waals surface area (Å²) in [5.74, 6) is 1.48. The molecule has 0 radical (unpaired) electrons. The molecule has 1 fully saturated rings. The maximum absolute atomic E-state index is 13.2. The molecule has 1 aliphatic heterocycles.